The second kappa shape index (κ2) is 3.65. The molecule has 1 heterocycles. The number of nitrogens with one attached hydrogen (secondary N) is 1. The molecule has 4 nitrogen and oxygen atoms in total. The highest BCUT2D eigenvalue weighted by Gasteiger charge is 2.04. The van der Waals surface area contributed by atoms with Gasteiger partial charge in [-0.25, -0.2) is 4.98 Å². The molecule has 1 aromatic heterocycles. The summed E-state index contributed by atoms with van der Waals surface area (Å²) >= 11 is 0. The average Bonchev–Trinajstić information content (AvgIpc) is 2.16. The minimum absolute atomic E-state index is 0.107. The number of aromatic nitrogens is 2. The lowest BCUT2D eigenvalue weighted by atomic mass is 10.2. The van der Waals surface area contributed by atoms with Crippen LogP contribution in [-0.2, 0) is 4.79 Å². The molecule has 1 aromatic carbocycles. The van der Waals surface area contributed by atoms with E-state index in [1.807, 2.05) is 25.1 Å². The van der Waals surface area contributed by atoms with E-state index in [1.54, 1.807) is 6.20 Å². The Kier molecular flexibility index (Phi) is 2.33. The zero-order valence-corrected chi connectivity index (χ0v) is 8.61. The highest BCUT2D eigenvalue weighted by molar-refractivity contribution is 5.98. The molecule has 2 rings (SSSR count). The van der Waals surface area contributed by atoms with Crippen LogP contribution in [0.5, 0.6) is 0 Å². The fraction of sp³-hybridized carbons (Fsp3) is 0.182. The normalized spacial score (nSPS) is 10.3. The van der Waals surface area contributed by atoms with Crippen molar-refractivity contribution in [2.24, 2.45) is 0 Å². The maximum atomic E-state index is 11.0. The molecule has 1 amide bonds. The molecular weight excluding hydrogens is 190 g/mol. The van der Waals surface area contributed by atoms with Gasteiger partial charge in [-0.3, -0.25) is 9.78 Å². The van der Waals surface area contributed by atoms with Gasteiger partial charge >= 0.3 is 0 Å². The van der Waals surface area contributed by atoms with Crippen molar-refractivity contribution in [2.45, 2.75) is 13.8 Å². The van der Waals surface area contributed by atoms with Crippen LogP contribution in [-0.4, -0.2) is 15.9 Å². The van der Waals surface area contributed by atoms with Gasteiger partial charge in [0.05, 0.1) is 16.9 Å². The van der Waals surface area contributed by atoms with Crippen molar-refractivity contribution < 1.29 is 4.79 Å². The molecular formula is C11H11N3O. The van der Waals surface area contributed by atoms with Gasteiger partial charge in [0.1, 0.15) is 5.52 Å². The number of nitrogens with zero attached hydrogens (tertiary/aromatic N) is 2. The van der Waals surface area contributed by atoms with Crippen molar-refractivity contribution in [1.29, 1.82) is 0 Å². The van der Waals surface area contributed by atoms with Crippen LogP contribution in [0.1, 0.15) is 12.6 Å². The summed E-state index contributed by atoms with van der Waals surface area (Å²) in [4.78, 5) is 19.6. The molecule has 4 heteroatoms. The Bertz CT molecular complexity index is 522. The first kappa shape index (κ1) is 9.58. The van der Waals surface area contributed by atoms with Gasteiger partial charge in [-0.05, 0) is 19.1 Å². The van der Waals surface area contributed by atoms with E-state index in [2.05, 4.69) is 15.3 Å². The first-order valence-corrected chi connectivity index (χ1v) is 4.67. The van der Waals surface area contributed by atoms with Crippen LogP contribution in [0.15, 0.2) is 24.4 Å². The van der Waals surface area contributed by atoms with Gasteiger partial charge in [0.15, 0.2) is 0 Å². The summed E-state index contributed by atoms with van der Waals surface area (Å²) in [7, 11) is 0. The summed E-state index contributed by atoms with van der Waals surface area (Å²) in [5.74, 6) is -0.107. The molecule has 0 atom stereocenters. The number of hydrogen-bond donors (Lipinski definition) is 1. The monoisotopic (exact) mass is 201 g/mol. The lowest BCUT2D eigenvalue weighted by Gasteiger charge is -2.05. The van der Waals surface area contributed by atoms with Crippen molar-refractivity contribution in [3.8, 4) is 0 Å². The van der Waals surface area contributed by atoms with Gasteiger partial charge in [0.25, 0.3) is 0 Å². The van der Waals surface area contributed by atoms with E-state index in [9.17, 15) is 4.79 Å². The Morgan fingerprint density at radius 2 is 2.20 bits per heavy atom. The Balaban J connectivity index is 2.60. The van der Waals surface area contributed by atoms with Crippen LogP contribution in [0, 0.1) is 6.92 Å². The molecule has 0 aliphatic carbocycles. The van der Waals surface area contributed by atoms with Gasteiger partial charge in [-0.2, -0.15) is 0 Å². The van der Waals surface area contributed by atoms with E-state index >= 15 is 0 Å². The third-order valence-electron chi connectivity index (χ3n) is 2.00. The predicted octanol–water partition coefficient (Wildman–Crippen LogP) is 1.90. The molecule has 0 aliphatic rings. The minimum Gasteiger partial charge on any atom is -0.324 e. The van der Waals surface area contributed by atoms with E-state index in [0.717, 1.165) is 16.7 Å². The Morgan fingerprint density at radius 3 is 2.93 bits per heavy atom. The molecule has 0 unspecified atom stereocenters. The maximum absolute atomic E-state index is 11.0. The summed E-state index contributed by atoms with van der Waals surface area (Å²) in [5, 5.41) is 2.73. The number of para-hydroxylation sites is 1. The molecule has 2 aromatic rings. The third kappa shape index (κ3) is 1.93. The molecule has 0 fully saturated rings. The number of carbonyl (C=O) groups is 1. The van der Waals surface area contributed by atoms with Crippen molar-refractivity contribution in [3.63, 3.8) is 0 Å². The van der Waals surface area contributed by atoms with E-state index in [-0.39, 0.29) is 5.91 Å². The lowest BCUT2D eigenvalue weighted by Crippen LogP contribution is -2.06. The molecule has 0 spiro atoms. The Morgan fingerprint density at radius 1 is 1.40 bits per heavy atom. The predicted molar refractivity (Wildman–Crippen MR) is 58.6 cm³/mol. The van der Waals surface area contributed by atoms with Crippen LogP contribution in [0.2, 0.25) is 0 Å². The van der Waals surface area contributed by atoms with Gasteiger partial charge in [0, 0.05) is 13.1 Å². The van der Waals surface area contributed by atoms with E-state index in [1.165, 1.54) is 6.92 Å². The fourth-order valence-corrected chi connectivity index (χ4v) is 1.42. The first-order valence-electron chi connectivity index (χ1n) is 4.67. The lowest BCUT2D eigenvalue weighted by molar-refractivity contribution is -0.114. The summed E-state index contributed by atoms with van der Waals surface area (Å²) in [5.41, 5.74) is 3.08. The molecule has 0 saturated carbocycles. The molecule has 0 aliphatic heterocycles. The van der Waals surface area contributed by atoms with Gasteiger partial charge in [-0.1, -0.05) is 6.07 Å². The number of aryl methyl sites for hydroxylation is 1. The molecule has 0 radical (unpaired) electrons. The number of fused-ring (bicyclic) bond motifs is 1. The van der Waals surface area contributed by atoms with E-state index in [0.29, 0.717) is 5.69 Å². The number of amides is 1. The second-order valence-electron chi connectivity index (χ2n) is 3.37. The Labute approximate surface area is 87.4 Å². The number of anilines is 1. The zero-order chi connectivity index (χ0) is 10.8. The maximum Gasteiger partial charge on any atom is 0.221 e. The zero-order valence-electron chi connectivity index (χ0n) is 8.61. The SMILES string of the molecule is CC(=O)Nc1cccc2nc(C)cnc12. The van der Waals surface area contributed by atoms with Crippen LogP contribution in [0.3, 0.4) is 0 Å². The number of carbonyl (C=O) groups excluding carboxylic acids is 1. The van der Waals surface area contributed by atoms with Gasteiger partial charge in [0.2, 0.25) is 5.91 Å². The molecule has 76 valence electrons. The molecule has 15 heavy (non-hydrogen) atoms. The van der Waals surface area contributed by atoms with Crippen LogP contribution < -0.4 is 5.32 Å². The molecule has 0 bridgehead atoms. The van der Waals surface area contributed by atoms with E-state index < -0.39 is 0 Å². The summed E-state index contributed by atoms with van der Waals surface area (Å²) in [6, 6.07) is 5.54. The molecule has 0 saturated heterocycles. The standard InChI is InChI=1S/C11H11N3O/c1-7-6-12-11-9(13-7)4-3-5-10(11)14-8(2)15/h3-6H,1-2H3,(H,14,15). The summed E-state index contributed by atoms with van der Waals surface area (Å²) < 4.78 is 0. The average molecular weight is 201 g/mol. The third-order valence-corrected chi connectivity index (χ3v) is 2.00. The van der Waals surface area contributed by atoms with Crippen LogP contribution in [0.25, 0.3) is 11.0 Å². The number of hydrogen-bond acceptors (Lipinski definition) is 3. The van der Waals surface area contributed by atoms with Crippen molar-refractivity contribution in [3.05, 3.63) is 30.1 Å². The molecule has 1 N–H and O–H groups in total. The van der Waals surface area contributed by atoms with E-state index in [4.69, 9.17) is 0 Å². The summed E-state index contributed by atoms with van der Waals surface area (Å²) in [6.45, 7) is 3.36. The highest BCUT2D eigenvalue weighted by atomic mass is 16.1. The minimum atomic E-state index is -0.107. The smallest absolute Gasteiger partial charge is 0.221 e. The topological polar surface area (TPSA) is 54.9 Å². The number of benzene rings is 1. The summed E-state index contributed by atoms with van der Waals surface area (Å²) in [6.07, 6.45) is 1.69. The van der Waals surface area contributed by atoms with Gasteiger partial charge in [-0.15, -0.1) is 0 Å². The first-order chi connectivity index (χ1) is 7.16. The van der Waals surface area contributed by atoms with Crippen molar-refractivity contribution in [2.75, 3.05) is 5.32 Å². The number of rotatable bonds is 1. The Hall–Kier alpha value is -1.97. The second-order valence-corrected chi connectivity index (χ2v) is 3.37. The van der Waals surface area contributed by atoms with Crippen LogP contribution >= 0.6 is 0 Å². The van der Waals surface area contributed by atoms with Crippen molar-refractivity contribution >= 4 is 22.6 Å². The van der Waals surface area contributed by atoms with Crippen LogP contribution in [0.4, 0.5) is 5.69 Å². The van der Waals surface area contributed by atoms with Crippen molar-refractivity contribution in [1.82, 2.24) is 9.97 Å². The van der Waals surface area contributed by atoms with Gasteiger partial charge < -0.3 is 5.32 Å². The quantitative estimate of drug-likeness (QED) is 0.766. The largest absolute Gasteiger partial charge is 0.324 e. The highest BCUT2D eigenvalue weighted by Crippen LogP contribution is 2.19. The fourth-order valence-electron chi connectivity index (χ4n) is 1.42.